The van der Waals surface area contributed by atoms with E-state index in [0.717, 1.165) is 0 Å². The molecule has 0 atom stereocenters. The Morgan fingerprint density at radius 3 is 1.85 bits per heavy atom. The molecule has 0 radical (unpaired) electrons. The van der Waals surface area contributed by atoms with E-state index in [2.05, 4.69) is 6.58 Å². The molecule has 3 heteroatoms. The zero-order chi connectivity index (χ0) is 10.5. The summed E-state index contributed by atoms with van der Waals surface area (Å²) in [5.41, 5.74) is -1.07. The van der Waals surface area contributed by atoms with E-state index in [-0.39, 0.29) is 25.2 Å². The molecule has 0 unspecified atom stereocenters. The van der Waals surface area contributed by atoms with Crippen molar-refractivity contribution in [2.75, 3.05) is 19.8 Å². The molecule has 0 aliphatic carbocycles. The van der Waals surface area contributed by atoms with Gasteiger partial charge in [0.1, 0.15) is 0 Å². The Labute approximate surface area is 79.7 Å². The van der Waals surface area contributed by atoms with Gasteiger partial charge in [-0.2, -0.15) is 0 Å². The Bertz CT molecular complexity index is 160. The normalized spacial score (nSPS) is 13.0. The monoisotopic (exact) mass is 188 g/mol. The van der Waals surface area contributed by atoms with Crippen molar-refractivity contribution in [2.45, 2.75) is 20.3 Å². The van der Waals surface area contributed by atoms with Crippen molar-refractivity contribution >= 4 is 0 Å². The van der Waals surface area contributed by atoms with Gasteiger partial charge in [-0.3, -0.25) is 0 Å². The van der Waals surface area contributed by atoms with E-state index in [0.29, 0.717) is 6.42 Å². The van der Waals surface area contributed by atoms with Gasteiger partial charge < -0.3 is 15.3 Å². The fraction of sp³-hybridized carbons (Fsp3) is 0.800. The molecule has 3 N–H and O–H groups in total. The quantitative estimate of drug-likeness (QED) is 0.533. The largest absolute Gasteiger partial charge is 0.396 e. The summed E-state index contributed by atoms with van der Waals surface area (Å²) >= 11 is 0. The van der Waals surface area contributed by atoms with Crippen LogP contribution in [0.15, 0.2) is 12.7 Å². The van der Waals surface area contributed by atoms with Gasteiger partial charge in [0.2, 0.25) is 0 Å². The van der Waals surface area contributed by atoms with Gasteiger partial charge in [-0.25, -0.2) is 0 Å². The van der Waals surface area contributed by atoms with Crippen molar-refractivity contribution in [2.24, 2.45) is 10.8 Å². The molecule has 13 heavy (non-hydrogen) atoms. The zero-order valence-electron chi connectivity index (χ0n) is 8.45. The highest BCUT2D eigenvalue weighted by atomic mass is 16.3. The summed E-state index contributed by atoms with van der Waals surface area (Å²) in [4.78, 5) is 0. The van der Waals surface area contributed by atoms with Crippen LogP contribution < -0.4 is 0 Å². The number of aliphatic hydroxyl groups excluding tert-OH is 3. The topological polar surface area (TPSA) is 60.7 Å². The molecule has 0 heterocycles. The number of rotatable bonds is 6. The van der Waals surface area contributed by atoms with Gasteiger partial charge in [0, 0.05) is 12.0 Å². The Kier molecular flexibility index (Phi) is 4.61. The molecule has 3 nitrogen and oxygen atoms in total. The highest BCUT2D eigenvalue weighted by Gasteiger charge is 2.41. The Balaban J connectivity index is 4.79. The first-order chi connectivity index (χ1) is 5.99. The third-order valence-corrected chi connectivity index (χ3v) is 3.04. The fourth-order valence-electron chi connectivity index (χ4n) is 1.41. The van der Waals surface area contributed by atoms with Crippen LogP contribution in [0.3, 0.4) is 0 Å². The van der Waals surface area contributed by atoms with Crippen LogP contribution >= 0.6 is 0 Å². The molecular weight excluding hydrogens is 168 g/mol. The summed E-state index contributed by atoms with van der Waals surface area (Å²) in [6, 6.07) is 0. The Hall–Kier alpha value is -0.380. The maximum Gasteiger partial charge on any atom is 0.0549 e. The first-order valence-electron chi connectivity index (χ1n) is 4.46. The average molecular weight is 188 g/mol. The van der Waals surface area contributed by atoms with E-state index in [1.807, 2.05) is 13.8 Å². The minimum atomic E-state index is -0.713. The lowest BCUT2D eigenvalue weighted by Crippen LogP contribution is -2.43. The lowest BCUT2D eigenvalue weighted by atomic mass is 9.64. The van der Waals surface area contributed by atoms with Crippen LogP contribution in [0.1, 0.15) is 20.3 Å². The molecule has 0 fully saturated rings. The highest BCUT2D eigenvalue weighted by molar-refractivity contribution is 5.03. The third-order valence-electron chi connectivity index (χ3n) is 3.04. The fourth-order valence-corrected chi connectivity index (χ4v) is 1.41. The smallest absolute Gasteiger partial charge is 0.0549 e. The van der Waals surface area contributed by atoms with Crippen LogP contribution in [-0.4, -0.2) is 35.1 Å². The van der Waals surface area contributed by atoms with E-state index in [4.69, 9.17) is 5.11 Å². The average Bonchev–Trinajstić information content (AvgIpc) is 2.07. The van der Waals surface area contributed by atoms with E-state index >= 15 is 0 Å². The molecule has 78 valence electrons. The van der Waals surface area contributed by atoms with Gasteiger partial charge in [0.15, 0.2) is 0 Å². The van der Waals surface area contributed by atoms with Crippen LogP contribution in [0.25, 0.3) is 0 Å². The van der Waals surface area contributed by atoms with Crippen LogP contribution in [0.4, 0.5) is 0 Å². The second kappa shape index (κ2) is 4.74. The standard InChI is InChI=1S/C10H20O3/c1-4-10(7-12,8-13)9(2,3)5-6-11/h4,11-13H,1,5-8H2,2-3H3. The van der Waals surface area contributed by atoms with Crippen LogP contribution in [0.5, 0.6) is 0 Å². The molecule has 0 aliphatic rings. The SMILES string of the molecule is C=CC(CO)(CO)C(C)(C)CCO. The van der Waals surface area contributed by atoms with Gasteiger partial charge in [-0.1, -0.05) is 19.9 Å². The Morgan fingerprint density at radius 1 is 1.15 bits per heavy atom. The van der Waals surface area contributed by atoms with Crippen molar-refractivity contribution in [3.8, 4) is 0 Å². The Morgan fingerprint density at radius 2 is 1.62 bits per heavy atom. The number of hydrogen-bond donors (Lipinski definition) is 3. The van der Waals surface area contributed by atoms with Gasteiger partial charge in [0.05, 0.1) is 13.2 Å². The summed E-state index contributed by atoms with van der Waals surface area (Å²) < 4.78 is 0. The van der Waals surface area contributed by atoms with Gasteiger partial charge in [-0.05, 0) is 11.8 Å². The first kappa shape index (κ1) is 12.6. The van der Waals surface area contributed by atoms with Gasteiger partial charge in [-0.15, -0.1) is 6.58 Å². The van der Waals surface area contributed by atoms with Gasteiger partial charge >= 0.3 is 0 Å². The molecule has 0 spiro atoms. The van der Waals surface area contributed by atoms with Crippen LogP contribution in [0, 0.1) is 10.8 Å². The molecule has 0 saturated heterocycles. The minimum Gasteiger partial charge on any atom is -0.396 e. The van der Waals surface area contributed by atoms with Crippen molar-refractivity contribution < 1.29 is 15.3 Å². The maximum atomic E-state index is 9.23. The van der Waals surface area contributed by atoms with Crippen molar-refractivity contribution in [1.82, 2.24) is 0 Å². The first-order valence-corrected chi connectivity index (χ1v) is 4.46. The second-order valence-electron chi connectivity index (χ2n) is 4.03. The van der Waals surface area contributed by atoms with Gasteiger partial charge in [0.25, 0.3) is 0 Å². The molecular formula is C10H20O3. The molecule has 0 aromatic heterocycles. The predicted molar refractivity (Wildman–Crippen MR) is 52.3 cm³/mol. The summed E-state index contributed by atoms with van der Waals surface area (Å²) in [7, 11) is 0. The molecule has 0 bridgehead atoms. The van der Waals surface area contributed by atoms with E-state index in [9.17, 15) is 10.2 Å². The van der Waals surface area contributed by atoms with E-state index < -0.39 is 5.41 Å². The van der Waals surface area contributed by atoms with Crippen LogP contribution in [0.2, 0.25) is 0 Å². The zero-order valence-corrected chi connectivity index (χ0v) is 8.45. The lowest BCUT2D eigenvalue weighted by Gasteiger charge is -2.42. The maximum absolute atomic E-state index is 9.23. The molecule has 0 aliphatic heterocycles. The van der Waals surface area contributed by atoms with Crippen molar-refractivity contribution in [3.63, 3.8) is 0 Å². The van der Waals surface area contributed by atoms with Crippen molar-refractivity contribution in [3.05, 3.63) is 12.7 Å². The van der Waals surface area contributed by atoms with Crippen molar-refractivity contribution in [1.29, 1.82) is 0 Å². The van der Waals surface area contributed by atoms with Crippen LogP contribution in [-0.2, 0) is 0 Å². The number of aliphatic hydroxyl groups is 3. The predicted octanol–water partition coefficient (Wildman–Crippen LogP) is 0.552. The highest BCUT2D eigenvalue weighted by Crippen LogP contribution is 2.41. The molecule has 0 aromatic rings. The molecule has 0 rings (SSSR count). The minimum absolute atomic E-state index is 0.0442. The summed E-state index contributed by atoms with van der Waals surface area (Å²) in [6.45, 7) is 7.16. The lowest BCUT2D eigenvalue weighted by molar-refractivity contribution is -0.0151. The molecule has 0 amide bonds. The molecule has 0 aromatic carbocycles. The third kappa shape index (κ3) is 2.30. The van der Waals surface area contributed by atoms with E-state index in [1.54, 1.807) is 6.08 Å². The van der Waals surface area contributed by atoms with E-state index in [1.165, 1.54) is 0 Å². The number of hydrogen-bond acceptors (Lipinski definition) is 3. The second-order valence-corrected chi connectivity index (χ2v) is 4.03. The summed E-state index contributed by atoms with van der Waals surface area (Å²) in [5, 5.41) is 27.3. The summed E-state index contributed by atoms with van der Waals surface area (Å²) in [5.74, 6) is 0. The molecule has 0 saturated carbocycles. The summed E-state index contributed by atoms with van der Waals surface area (Å²) in [6.07, 6.45) is 2.10.